The monoisotopic (exact) mass is 1220 g/mol. The lowest BCUT2D eigenvalue weighted by Gasteiger charge is -2.42. The van der Waals surface area contributed by atoms with E-state index in [0.29, 0.717) is 63.0 Å². The molecule has 2 aromatic heterocycles. The number of rotatable bonds is 16. The van der Waals surface area contributed by atoms with E-state index in [1.807, 2.05) is 20.8 Å². The van der Waals surface area contributed by atoms with Gasteiger partial charge in [0.2, 0.25) is 41.8 Å². The van der Waals surface area contributed by atoms with Gasteiger partial charge in [0.05, 0.1) is 44.5 Å². The van der Waals surface area contributed by atoms with Gasteiger partial charge in [-0.05, 0) is 71.4 Å². The zero-order valence-corrected chi connectivity index (χ0v) is 48.4. The molecular weight excluding hydrogens is 1160 g/mol. The van der Waals surface area contributed by atoms with E-state index >= 15 is 0 Å². The van der Waals surface area contributed by atoms with Crippen LogP contribution in [0.3, 0.4) is 0 Å². The molecule has 4 amide bonds. The van der Waals surface area contributed by atoms with Crippen molar-refractivity contribution in [3.8, 4) is 11.5 Å². The van der Waals surface area contributed by atoms with Crippen molar-refractivity contribution in [3.63, 3.8) is 0 Å². The van der Waals surface area contributed by atoms with Crippen LogP contribution in [0.5, 0.6) is 11.5 Å². The highest BCUT2D eigenvalue weighted by Crippen LogP contribution is 2.48. The van der Waals surface area contributed by atoms with Crippen LogP contribution in [-0.4, -0.2) is 137 Å². The van der Waals surface area contributed by atoms with Gasteiger partial charge >= 0.3 is 12.3 Å². The first kappa shape index (κ1) is 62.4. The molecule has 4 bridgehead atoms. The van der Waals surface area contributed by atoms with Crippen molar-refractivity contribution in [1.82, 2.24) is 29.6 Å². The predicted molar refractivity (Wildman–Crippen MR) is 299 cm³/mol. The number of carbonyl (C=O) groups is 6. The normalized spacial score (nSPS) is 22.1. The summed E-state index contributed by atoms with van der Waals surface area (Å²) in [4.78, 5) is 121. The molecule has 0 aliphatic carbocycles. The summed E-state index contributed by atoms with van der Waals surface area (Å²) in [5, 5.41) is 13.2. The largest absolute Gasteiger partial charge is 0.511 e. The molecule has 2 spiro atoms. The molecule has 0 radical (unpaired) electrons. The number of fused-ring (bicyclic) bond motifs is 10. The van der Waals surface area contributed by atoms with Crippen molar-refractivity contribution in [2.75, 3.05) is 47.0 Å². The summed E-state index contributed by atoms with van der Waals surface area (Å²) in [5.41, 5.74) is -4.14. The Labute approximate surface area is 497 Å². The van der Waals surface area contributed by atoms with Crippen molar-refractivity contribution in [2.45, 2.75) is 134 Å². The molecule has 25 nitrogen and oxygen atoms in total. The summed E-state index contributed by atoms with van der Waals surface area (Å²) in [6.45, 7) is 7.53. The number of methoxy groups -OCH3 is 1. The Bertz CT molecular complexity index is 3570. The van der Waals surface area contributed by atoms with Gasteiger partial charge in [-0.25, -0.2) is 27.2 Å². The van der Waals surface area contributed by atoms with Gasteiger partial charge in [0.25, 0.3) is 23.6 Å². The van der Waals surface area contributed by atoms with Crippen molar-refractivity contribution < 1.29 is 92.0 Å². The smallest absolute Gasteiger partial charge is 0.482 e. The number of nitrogens with zero attached hydrogens (tertiary/aromatic N) is 6. The fourth-order valence-corrected chi connectivity index (χ4v) is 11.3. The average Bonchev–Trinajstić information content (AvgIpc) is 1.87. The molecule has 2 aromatic carbocycles. The maximum Gasteiger partial charge on any atom is 0.511 e. The van der Waals surface area contributed by atoms with Crippen molar-refractivity contribution in [3.05, 3.63) is 126 Å². The van der Waals surface area contributed by atoms with E-state index in [-0.39, 0.29) is 83.3 Å². The van der Waals surface area contributed by atoms with Crippen LogP contribution in [0.25, 0.3) is 0 Å². The van der Waals surface area contributed by atoms with Crippen LogP contribution in [0.1, 0.15) is 154 Å². The van der Waals surface area contributed by atoms with E-state index in [0.717, 1.165) is 17.8 Å². The zero-order chi connectivity index (χ0) is 62.5. The summed E-state index contributed by atoms with van der Waals surface area (Å²) in [6.07, 6.45) is 4.43. The lowest BCUT2D eigenvalue weighted by atomic mass is 9.84. The third-order valence-electron chi connectivity index (χ3n) is 15.9. The SMILES string of the molecule is CCCOC(=O)OCOc1c2n(cc(C(=O)NCc3ccc(F)cc3F)c1=O)[C@@H]1CN(C2=O)[C@@H](C)CC[C@]12CC(C)=NO2.CCCOC(=O)OCOc1c2n(cc(C(=O)NCc3ccc(F)cc3F)c1=O)[C@@H]1CN(C2=O)[C@@H](C)CC[C@]12CC(OC)=NO2.[HH].[HH]. The van der Waals surface area contributed by atoms with Gasteiger partial charge in [-0.1, -0.05) is 36.3 Å². The summed E-state index contributed by atoms with van der Waals surface area (Å²) < 4.78 is 94.2. The molecule has 2 saturated heterocycles. The molecule has 470 valence electrons. The Kier molecular flexibility index (Phi) is 18.8. The van der Waals surface area contributed by atoms with Crippen LogP contribution >= 0.6 is 0 Å². The summed E-state index contributed by atoms with van der Waals surface area (Å²) in [7, 11) is 1.46. The number of benzene rings is 2. The second-order valence-electron chi connectivity index (χ2n) is 21.7. The minimum atomic E-state index is -1.05. The number of hydrogen-bond acceptors (Lipinski definition) is 19. The molecule has 87 heavy (non-hydrogen) atoms. The maximum absolute atomic E-state index is 14.2. The summed E-state index contributed by atoms with van der Waals surface area (Å²) >= 11 is 0. The Morgan fingerprint density at radius 1 is 0.655 bits per heavy atom. The fraction of sp³-hybridized carbons (Fsp3) is 0.483. The topological polar surface area (TPSA) is 285 Å². The van der Waals surface area contributed by atoms with Crippen LogP contribution in [-0.2, 0) is 46.4 Å². The van der Waals surface area contributed by atoms with Gasteiger partial charge in [0.15, 0.2) is 22.6 Å². The minimum absolute atomic E-state index is 0. The van der Waals surface area contributed by atoms with E-state index in [2.05, 4.69) is 20.9 Å². The maximum atomic E-state index is 14.2. The van der Waals surface area contributed by atoms with E-state index in [4.69, 9.17) is 42.8 Å². The highest BCUT2D eigenvalue weighted by Gasteiger charge is 2.56. The number of amides is 4. The fourth-order valence-electron chi connectivity index (χ4n) is 11.3. The Hall–Kier alpha value is -9.18. The number of pyridine rings is 2. The second kappa shape index (κ2) is 26.2. The molecule has 0 unspecified atom stereocenters. The van der Waals surface area contributed by atoms with Crippen LogP contribution in [0.15, 0.2) is 68.7 Å². The molecule has 2 N–H and O–H groups in total. The highest BCUT2D eigenvalue weighted by atomic mass is 19.1. The number of ether oxygens (including phenoxy) is 7. The molecule has 6 atom stereocenters. The third kappa shape index (κ3) is 12.9. The van der Waals surface area contributed by atoms with E-state index < -0.39 is 130 Å². The Morgan fingerprint density at radius 3 is 1.48 bits per heavy atom. The van der Waals surface area contributed by atoms with E-state index in [1.165, 1.54) is 40.8 Å². The van der Waals surface area contributed by atoms with Gasteiger partial charge in [-0.2, -0.15) is 0 Å². The van der Waals surface area contributed by atoms with Crippen LogP contribution < -0.4 is 31.0 Å². The number of oxime groups is 2. The molecule has 8 heterocycles. The van der Waals surface area contributed by atoms with Gasteiger partial charge in [-0.15, -0.1) is 0 Å². The molecule has 2 fully saturated rings. The Balaban J connectivity index is 0.000000248. The first-order valence-corrected chi connectivity index (χ1v) is 28.1. The van der Waals surface area contributed by atoms with Crippen molar-refractivity contribution >= 4 is 47.5 Å². The van der Waals surface area contributed by atoms with E-state index in [1.54, 1.807) is 23.6 Å². The molecule has 10 rings (SSSR count). The lowest BCUT2D eigenvalue weighted by Crippen LogP contribution is -2.52. The third-order valence-corrected chi connectivity index (χ3v) is 15.9. The summed E-state index contributed by atoms with van der Waals surface area (Å²) in [6, 6.07) is 4.14. The Morgan fingerprint density at radius 2 is 1.09 bits per heavy atom. The number of halogens is 4. The predicted octanol–water partition coefficient (Wildman–Crippen LogP) is 7.42. The van der Waals surface area contributed by atoms with Gasteiger partial charge in [0.1, 0.15) is 34.4 Å². The molecule has 29 heteroatoms. The quantitative estimate of drug-likeness (QED) is 0.0627. The standard InChI is InChI=1S/C29H32F2N4O9.C29H32F2N4O8.2H2/c1-4-9-41-28(39)43-15-42-25-23-27(38)34-14-21(29(8-7-16(34)2)11-22(40-3)33-44-29)35(23)13-19(24(25)36)26(37)32-12-17-5-6-18(30)10-20(17)31;1-4-9-40-28(39)42-15-41-25-23-27(38)34-14-22(29(8-7-17(34)3)11-16(2)33-43-29)35(23)13-20(24(25)36)26(37)32-12-18-5-6-19(30)10-21(18)31;;/h5-6,10,13,16,21H,4,7-9,11-12,14-15H2,1-3H3,(H,32,37);5-6,10,13,17,22H,4,7-9,11-12,14-15H2,1-3H3,(H,32,37);2*1H/t16-,21+,29-;17-,22+,29-;;/m00../s1. The molecule has 0 saturated carbocycles. The number of aromatic nitrogens is 2. The first-order valence-electron chi connectivity index (χ1n) is 28.1. The van der Waals surface area contributed by atoms with Crippen LogP contribution in [0.4, 0.5) is 27.2 Å². The number of carbonyl (C=O) groups excluding carboxylic acids is 6. The number of nitrogens with one attached hydrogen (secondary N) is 2. The zero-order valence-electron chi connectivity index (χ0n) is 48.4. The van der Waals surface area contributed by atoms with Crippen molar-refractivity contribution in [1.29, 1.82) is 0 Å². The second-order valence-corrected chi connectivity index (χ2v) is 21.7. The first-order chi connectivity index (χ1) is 41.6. The molecule has 6 aliphatic heterocycles. The molecular formula is C58H68F4N8O17. The van der Waals surface area contributed by atoms with Crippen molar-refractivity contribution in [2.24, 2.45) is 10.3 Å². The van der Waals surface area contributed by atoms with E-state index in [9.17, 15) is 55.9 Å². The lowest BCUT2D eigenvalue weighted by molar-refractivity contribution is -0.0660. The van der Waals surface area contributed by atoms with Gasteiger partial charge in [0, 0.05) is 83.2 Å². The minimum Gasteiger partial charge on any atom is -0.482 e. The number of hydrogen-bond donors (Lipinski definition) is 2. The molecule has 4 aromatic rings. The van der Waals surface area contributed by atoms with Gasteiger partial charge in [-0.3, -0.25) is 28.8 Å². The molecule has 6 aliphatic rings. The summed E-state index contributed by atoms with van der Waals surface area (Å²) in [5.74, 6) is -6.81. The van der Waals surface area contributed by atoms with Gasteiger partial charge < -0.3 is 72.4 Å². The van der Waals surface area contributed by atoms with Crippen LogP contribution in [0.2, 0.25) is 0 Å². The van der Waals surface area contributed by atoms with Crippen LogP contribution in [0, 0.1) is 23.3 Å². The average molecular weight is 1230 g/mol. The highest BCUT2D eigenvalue weighted by molar-refractivity contribution is 6.01.